The van der Waals surface area contributed by atoms with E-state index in [0.29, 0.717) is 5.56 Å². The largest absolute Gasteiger partial charge is 0.508 e. The zero-order valence-electron chi connectivity index (χ0n) is 10.8. The number of halogens is 1. The van der Waals surface area contributed by atoms with E-state index < -0.39 is 12.1 Å². The lowest BCUT2D eigenvalue weighted by Gasteiger charge is -2.30. The zero-order valence-corrected chi connectivity index (χ0v) is 11.6. The third-order valence-electron chi connectivity index (χ3n) is 3.81. The van der Waals surface area contributed by atoms with Gasteiger partial charge in [0.1, 0.15) is 11.5 Å². The first kappa shape index (κ1) is 16.1. The summed E-state index contributed by atoms with van der Waals surface area (Å²) < 4.78 is 0. The van der Waals surface area contributed by atoms with Crippen LogP contribution in [0.15, 0.2) is 18.2 Å². The monoisotopic (exact) mass is 287 g/mol. The van der Waals surface area contributed by atoms with Gasteiger partial charge in [0.15, 0.2) is 0 Å². The highest BCUT2D eigenvalue weighted by Crippen LogP contribution is 2.33. The maximum Gasteiger partial charge on any atom is 0.119 e. The Morgan fingerprint density at radius 3 is 2.05 bits per heavy atom. The van der Waals surface area contributed by atoms with E-state index in [0.717, 1.165) is 25.7 Å². The van der Waals surface area contributed by atoms with Crippen molar-refractivity contribution in [2.24, 2.45) is 11.7 Å². The summed E-state index contributed by atoms with van der Waals surface area (Å²) in [4.78, 5) is 0. The molecule has 0 radical (unpaired) electrons. The Labute approximate surface area is 119 Å². The average molecular weight is 288 g/mol. The van der Waals surface area contributed by atoms with Crippen molar-refractivity contribution in [1.29, 1.82) is 0 Å². The van der Waals surface area contributed by atoms with Crippen molar-refractivity contribution < 1.29 is 15.3 Å². The van der Waals surface area contributed by atoms with Gasteiger partial charge in [0.2, 0.25) is 0 Å². The van der Waals surface area contributed by atoms with E-state index in [1.54, 1.807) is 0 Å². The van der Waals surface area contributed by atoms with E-state index in [4.69, 9.17) is 5.73 Å². The van der Waals surface area contributed by atoms with Crippen LogP contribution < -0.4 is 5.73 Å². The van der Waals surface area contributed by atoms with Gasteiger partial charge in [-0.05, 0) is 36.5 Å². The predicted molar refractivity (Wildman–Crippen MR) is 76.5 cm³/mol. The molecule has 1 fully saturated rings. The fourth-order valence-corrected chi connectivity index (χ4v) is 2.78. The molecule has 0 heterocycles. The van der Waals surface area contributed by atoms with Gasteiger partial charge in [-0.1, -0.05) is 19.3 Å². The third-order valence-corrected chi connectivity index (χ3v) is 3.81. The third kappa shape index (κ3) is 4.00. The summed E-state index contributed by atoms with van der Waals surface area (Å²) >= 11 is 0. The SMILES string of the molecule is Cl.N[C@@H](c1cc(O)cc(O)c1)[C@H](O)C1CCCCC1. The minimum atomic E-state index is -0.619. The van der Waals surface area contributed by atoms with Crippen molar-refractivity contribution >= 4 is 12.4 Å². The highest BCUT2D eigenvalue weighted by Gasteiger charge is 2.28. The molecule has 0 amide bonds. The van der Waals surface area contributed by atoms with Crippen LogP contribution in [0.25, 0.3) is 0 Å². The first-order chi connectivity index (χ1) is 8.58. The molecular formula is C14H22ClNO3. The summed E-state index contributed by atoms with van der Waals surface area (Å²) in [6.45, 7) is 0. The minimum absolute atomic E-state index is 0. The van der Waals surface area contributed by atoms with Gasteiger partial charge in [-0.25, -0.2) is 0 Å². The number of aliphatic hydroxyl groups is 1. The molecule has 1 saturated carbocycles. The molecular weight excluding hydrogens is 266 g/mol. The van der Waals surface area contributed by atoms with Gasteiger partial charge in [0, 0.05) is 6.07 Å². The Morgan fingerprint density at radius 2 is 1.53 bits per heavy atom. The highest BCUT2D eigenvalue weighted by atomic mass is 35.5. The lowest BCUT2D eigenvalue weighted by molar-refractivity contribution is 0.0617. The molecule has 0 unspecified atom stereocenters. The molecule has 1 aromatic rings. The Balaban J connectivity index is 0.00000180. The molecule has 0 saturated heterocycles. The van der Waals surface area contributed by atoms with Gasteiger partial charge in [-0.3, -0.25) is 0 Å². The highest BCUT2D eigenvalue weighted by molar-refractivity contribution is 5.85. The molecule has 2 atom stereocenters. The molecule has 19 heavy (non-hydrogen) atoms. The lowest BCUT2D eigenvalue weighted by Crippen LogP contribution is -2.34. The number of hydrogen-bond donors (Lipinski definition) is 4. The first-order valence-electron chi connectivity index (χ1n) is 6.54. The maximum absolute atomic E-state index is 10.3. The van der Waals surface area contributed by atoms with Crippen molar-refractivity contribution in [3.05, 3.63) is 23.8 Å². The fraction of sp³-hybridized carbons (Fsp3) is 0.571. The van der Waals surface area contributed by atoms with Crippen LogP contribution in [-0.4, -0.2) is 21.4 Å². The van der Waals surface area contributed by atoms with Crippen LogP contribution in [0.3, 0.4) is 0 Å². The molecule has 1 aliphatic rings. The number of hydrogen-bond acceptors (Lipinski definition) is 4. The number of benzene rings is 1. The molecule has 5 N–H and O–H groups in total. The van der Waals surface area contributed by atoms with E-state index in [1.165, 1.54) is 24.6 Å². The molecule has 0 bridgehead atoms. The molecule has 1 aromatic carbocycles. The van der Waals surface area contributed by atoms with Gasteiger partial charge >= 0.3 is 0 Å². The van der Waals surface area contributed by atoms with Crippen molar-refractivity contribution in [1.82, 2.24) is 0 Å². The average Bonchev–Trinajstić information content (AvgIpc) is 2.37. The van der Waals surface area contributed by atoms with Crippen molar-refractivity contribution in [2.45, 2.75) is 44.2 Å². The lowest BCUT2D eigenvalue weighted by atomic mass is 9.81. The predicted octanol–water partition coefficient (Wildman–Crippen LogP) is 2.46. The fourth-order valence-electron chi connectivity index (χ4n) is 2.78. The number of phenolic OH excluding ortho intramolecular Hbond substituents is 2. The van der Waals surface area contributed by atoms with E-state index in [2.05, 4.69) is 0 Å². The number of phenols is 2. The number of rotatable bonds is 3. The quantitative estimate of drug-likeness (QED) is 0.688. The second-order valence-electron chi connectivity index (χ2n) is 5.20. The first-order valence-corrected chi connectivity index (χ1v) is 6.54. The molecule has 0 aromatic heterocycles. The summed E-state index contributed by atoms with van der Waals surface area (Å²) in [6.07, 6.45) is 4.89. The van der Waals surface area contributed by atoms with Gasteiger partial charge in [0.05, 0.1) is 12.1 Å². The smallest absolute Gasteiger partial charge is 0.119 e. The summed E-state index contributed by atoms with van der Waals surface area (Å²) in [7, 11) is 0. The number of aliphatic hydroxyl groups excluding tert-OH is 1. The molecule has 2 rings (SSSR count). The molecule has 0 aliphatic heterocycles. The topological polar surface area (TPSA) is 86.7 Å². The Bertz CT molecular complexity index is 387. The Kier molecular flexibility index (Phi) is 5.91. The number of nitrogens with two attached hydrogens (primary N) is 1. The van der Waals surface area contributed by atoms with Crippen LogP contribution in [0, 0.1) is 5.92 Å². The standard InChI is InChI=1S/C14H21NO3.ClH/c15-13(10-6-11(16)8-12(17)7-10)14(18)9-4-2-1-3-5-9;/h6-9,13-14,16-18H,1-5,15H2;1H/t13-,14+;/m0./s1. The van der Waals surface area contributed by atoms with Crippen molar-refractivity contribution in [3.63, 3.8) is 0 Å². The van der Waals surface area contributed by atoms with Crippen LogP contribution in [0.1, 0.15) is 43.7 Å². The van der Waals surface area contributed by atoms with Crippen molar-refractivity contribution in [3.8, 4) is 11.5 Å². The summed E-state index contributed by atoms with van der Waals surface area (Å²) in [5.41, 5.74) is 6.61. The maximum atomic E-state index is 10.3. The summed E-state index contributed by atoms with van der Waals surface area (Å²) in [5.74, 6) is 0.158. The molecule has 5 heteroatoms. The van der Waals surface area contributed by atoms with E-state index in [-0.39, 0.29) is 29.8 Å². The van der Waals surface area contributed by atoms with Crippen LogP contribution in [-0.2, 0) is 0 Å². The van der Waals surface area contributed by atoms with Crippen LogP contribution in [0.2, 0.25) is 0 Å². The van der Waals surface area contributed by atoms with Gasteiger partial charge in [-0.15, -0.1) is 12.4 Å². The van der Waals surface area contributed by atoms with Gasteiger partial charge < -0.3 is 21.1 Å². The Hall–Kier alpha value is -0.970. The Morgan fingerprint density at radius 1 is 1.00 bits per heavy atom. The van der Waals surface area contributed by atoms with Crippen molar-refractivity contribution in [2.75, 3.05) is 0 Å². The number of aromatic hydroxyl groups is 2. The molecule has 108 valence electrons. The minimum Gasteiger partial charge on any atom is -0.508 e. The van der Waals surface area contributed by atoms with Gasteiger partial charge in [0.25, 0.3) is 0 Å². The zero-order chi connectivity index (χ0) is 13.1. The van der Waals surface area contributed by atoms with Gasteiger partial charge in [-0.2, -0.15) is 0 Å². The van der Waals surface area contributed by atoms with E-state index in [9.17, 15) is 15.3 Å². The van der Waals surface area contributed by atoms with Crippen LogP contribution in [0.4, 0.5) is 0 Å². The normalized spacial score (nSPS) is 19.5. The summed E-state index contributed by atoms with van der Waals surface area (Å²) in [6, 6.07) is 3.68. The van der Waals surface area contributed by atoms with E-state index in [1.807, 2.05) is 0 Å². The second-order valence-corrected chi connectivity index (χ2v) is 5.20. The van der Waals surface area contributed by atoms with E-state index >= 15 is 0 Å². The second kappa shape index (κ2) is 6.98. The van der Waals surface area contributed by atoms with Crippen LogP contribution in [0.5, 0.6) is 11.5 Å². The summed E-state index contributed by atoms with van der Waals surface area (Å²) in [5, 5.41) is 29.2. The molecule has 4 nitrogen and oxygen atoms in total. The molecule has 1 aliphatic carbocycles. The molecule has 0 spiro atoms. The van der Waals surface area contributed by atoms with Crippen LogP contribution >= 0.6 is 12.4 Å².